The second kappa shape index (κ2) is 10.4. The van der Waals surface area contributed by atoms with E-state index in [-0.39, 0.29) is 10.8 Å². The summed E-state index contributed by atoms with van der Waals surface area (Å²) < 4.78 is 37.2. The number of amides is 1. The van der Waals surface area contributed by atoms with Crippen molar-refractivity contribution in [2.24, 2.45) is 5.92 Å². The van der Waals surface area contributed by atoms with Crippen molar-refractivity contribution in [2.75, 3.05) is 26.8 Å². The number of sulfonamides is 1. The molecule has 0 saturated carbocycles. The molecule has 0 aliphatic carbocycles. The molecule has 0 aromatic heterocycles. The van der Waals surface area contributed by atoms with Gasteiger partial charge in [-0.15, -0.1) is 0 Å². The van der Waals surface area contributed by atoms with Gasteiger partial charge in [-0.2, -0.15) is 0 Å². The predicted molar refractivity (Wildman–Crippen MR) is 96.1 cm³/mol. The van der Waals surface area contributed by atoms with Crippen LogP contribution in [0.1, 0.15) is 27.2 Å². The summed E-state index contributed by atoms with van der Waals surface area (Å²) in [7, 11) is -1.99. The van der Waals surface area contributed by atoms with Gasteiger partial charge >= 0.3 is 0 Å². The molecule has 0 saturated heterocycles. The molecule has 142 valence electrons. The van der Waals surface area contributed by atoms with Gasteiger partial charge in [-0.1, -0.05) is 13.8 Å². The molecule has 0 radical (unpaired) electrons. The van der Waals surface area contributed by atoms with Gasteiger partial charge in [0.15, 0.2) is 6.10 Å². The van der Waals surface area contributed by atoms with E-state index in [1.165, 1.54) is 24.3 Å². The van der Waals surface area contributed by atoms with Gasteiger partial charge in [0.05, 0.1) is 4.90 Å². The lowest BCUT2D eigenvalue weighted by atomic mass is 10.2. The van der Waals surface area contributed by atoms with E-state index in [2.05, 4.69) is 10.0 Å². The molecule has 0 unspecified atom stereocenters. The Hall–Kier alpha value is -1.64. The third kappa shape index (κ3) is 7.85. The molecule has 0 bridgehead atoms. The van der Waals surface area contributed by atoms with Crippen molar-refractivity contribution < 1.29 is 22.7 Å². The molecule has 0 aliphatic rings. The number of nitrogens with one attached hydrogen (secondary N) is 2. The second-order valence-electron chi connectivity index (χ2n) is 6.11. The molecular weight excluding hydrogens is 344 g/mol. The molecule has 8 heteroatoms. The first-order chi connectivity index (χ1) is 11.8. The molecular formula is C17H28N2O5S. The Morgan fingerprint density at radius 2 is 1.80 bits per heavy atom. The Morgan fingerprint density at radius 3 is 2.36 bits per heavy atom. The summed E-state index contributed by atoms with van der Waals surface area (Å²) in [6.07, 6.45) is -0.0618. The van der Waals surface area contributed by atoms with E-state index in [1.54, 1.807) is 14.0 Å². The number of hydrogen-bond donors (Lipinski definition) is 2. The van der Waals surface area contributed by atoms with Gasteiger partial charge in [0.1, 0.15) is 5.75 Å². The summed E-state index contributed by atoms with van der Waals surface area (Å²) in [6.45, 7) is 7.05. The highest BCUT2D eigenvalue weighted by molar-refractivity contribution is 7.89. The van der Waals surface area contributed by atoms with Gasteiger partial charge in [0, 0.05) is 26.8 Å². The fourth-order valence-corrected chi connectivity index (χ4v) is 2.98. The zero-order valence-corrected chi connectivity index (χ0v) is 16.1. The lowest BCUT2D eigenvalue weighted by Gasteiger charge is -2.16. The molecule has 2 N–H and O–H groups in total. The fraction of sp³-hybridized carbons (Fsp3) is 0.588. The Labute approximate surface area is 150 Å². The summed E-state index contributed by atoms with van der Waals surface area (Å²) in [5, 5.41) is 2.79. The standard InChI is InChI=1S/C17H28N2O5S/c1-13(2)12-18-17(20)14(3)24-15-6-8-16(9-7-15)25(21,22)19-10-5-11-23-4/h6-9,13-14,19H,5,10-12H2,1-4H3,(H,18,20)/t14-/m1/s1. The van der Waals surface area contributed by atoms with Crippen LogP contribution < -0.4 is 14.8 Å². The average Bonchev–Trinajstić information content (AvgIpc) is 2.57. The topological polar surface area (TPSA) is 93.7 Å². The number of hydrogen-bond acceptors (Lipinski definition) is 5. The quantitative estimate of drug-likeness (QED) is 0.575. The van der Waals surface area contributed by atoms with E-state index in [4.69, 9.17) is 9.47 Å². The van der Waals surface area contributed by atoms with Crippen LogP contribution in [-0.2, 0) is 19.6 Å². The summed E-state index contributed by atoms with van der Waals surface area (Å²) >= 11 is 0. The van der Waals surface area contributed by atoms with Crippen LogP contribution in [0.5, 0.6) is 5.75 Å². The first-order valence-electron chi connectivity index (χ1n) is 8.29. The molecule has 1 aromatic carbocycles. The van der Waals surface area contributed by atoms with E-state index in [1.807, 2.05) is 13.8 Å². The maximum Gasteiger partial charge on any atom is 0.260 e. The van der Waals surface area contributed by atoms with Crippen LogP contribution in [0.25, 0.3) is 0 Å². The third-order valence-corrected chi connectivity index (χ3v) is 4.79. The minimum absolute atomic E-state index is 0.147. The highest BCUT2D eigenvalue weighted by atomic mass is 32.2. The number of methoxy groups -OCH3 is 1. The second-order valence-corrected chi connectivity index (χ2v) is 7.88. The summed E-state index contributed by atoms with van der Waals surface area (Å²) in [5.74, 6) is 0.591. The van der Waals surface area contributed by atoms with Crippen molar-refractivity contribution in [3.63, 3.8) is 0 Å². The molecule has 0 aliphatic heterocycles. The van der Waals surface area contributed by atoms with Crippen LogP contribution in [0.2, 0.25) is 0 Å². The van der Waals surface area contributed by atoms with Crippen LogP contribution in [0.4, 0.5) is 0 Å². The van der Waals surface area contributed by atoms with Gasteiger partial charge in [-0.3, -0.25) is 4.79 Å². The molecule has 0 fully saturated rings. The Balaban J connectivity index is 2.59. The van der Waals surface area contributed by atoms with Gasteiger partial charge < -0.3 is 14.8 Å². The smallest absolute Gasteiger partial charge is 0.260 e. The number of benzene rings is 1. The van der Waals surface area contributed by atoms with Crippen molar-refractivity contribution in [1.82, 2.24) is 10.0 Å². The number of carbonyl (C=O) groups excluding carboxylic acids is 1. The summed E-state index contributed by atoms with van der Waals surface area (Å²) in [6, 6.07) is 5.98. The van der Waals surface area contributed by atoms with Gasteiger partial charge in [-0.25, -0.2) is 13.1 Å². The Bertz CT molecular complexity index is 629. The Kier molecular flexibility index (Phi) is 8.88. The molecule has 25 heavy (non-hydrogen) atoms. The lowest BCUT2D eigenvalue weighted by Crippen LogP contribution is -2.38. The number of carbonyl (C=O) groups is 1. The van der Waals surface area contributed by atoms with E-state index in [0.29, 0.717) is 37.8 Å². The molecule has 0 spiro atoms. The van der Waals surface area contributed by atoms with Crippen LogP contribution in [0.15, 0.2) is 29.2 Å². The van der Waals surface area contributed by atoms with Crippen molar-refractivity contribution in [1.29, 1.82) is 0 Å². The van der Waals surface area contributed by atoms with Crippen molar-refractivity contribution >= 4 is 15.9 Å². The number of rotatable bonds is 11. The maximum atomic E-state index is 12.1. The molecule has 0 heterocycles. The zero-order chi connectivity index (χ0) is 18.9. The van der Waals surface area contributed by atoms with Crippen LogP contribution in [-0.4, -0.2) is 47.2 Å². The largest absolute Gasteiger partial charge is 0.481 e. The first kappa shape index (κ1) is 21.4. The minimum Gasteiger partial charge on any atom is -0.481 e. The third-order valence-electron chi connectivity index (χ3n) is 3.32. The fourth-order valence-electron chi connectivity index (χ4n) is 1.91. The molecule has 1 rings (SSSR count). The molecule has 7 nitrogen and oxygen atoms in total. The maximum absolute atomic E-state index is 12.1. The highest BCUT2D eigenvalue weighted by Gasteiger charge is 2.16. The molecule has 1 amide bonds. The summed E-state index contributed by atoms with van der Waals surface area (Å²) in [4.78, 5) is 12.0. The van der Waals surface area contributed by atoms with E-state index in [0.717, 1.165) is 0 Å². The first-order valence-corrected chi connectivity index (χ1v) is 9.77. The molecule has 1 aromatic rings. The van der Waals surface area contributed by atoms with Crippen LogP contribution in [0.3, 0.4) is 0 Å². The zero-order valence-electron chi connectivity index (χ0n) is 15.2. The van der Waals surface area contributed by atoms with Gasteiger partial charge in [0.25, 0.3) is 5.91 Å². The average molecular weight is 372 g/mol. The van der Waals surface area contributed by atoms with E-state index >= 15 is 0 Å². The normalized spacial score (nSPS) is 12.8. The van der Waals surface area contributed by atoms with Crippen molar-refractivity contribution in [3.05, 3.63) is 24.3 Å². The highest BCUT2D eigenvalue weighted by Crippen LogP contribution is 2.17. The Morgan fingerprint density at radius 1 is 1.16 bits per heavy atom. The summed E-state index contributed by atoms with van der Waals surface area (Å²) in [5.41, 5.74) is 0. The monoisotopic (exact) mass is 372 g/mol. The van der Waals surface area contributed by atoms with E-state index < -0.39 is 16.1 Å². The van der Waals surface area contributed by atoms with Gasteiger partial charge in [-0.05, 0) is 43.5 Å². The lowest BCUT2D eigenvalue weighted by molar-refractivity contribution is -0.127. The minimum atomic E-state index is -3.56. The van der Waals surface area contributed by atoms with Gasteiger partial charge in [0.2, 0.25) is 10.0 Å². The predicted octanol–water partition coefficient (Wildman–Crippen LogP) is 1.54. The van der Waals surface area contributed by atoms with Crippen molar-refractivity contribution in [2.45, 2.75) is 38.2 Å². The SMILES string of the molecule is COCCCNS(=O)(=O)c1ccc(O[C@H](C)C(=O)NCC(C)C)cc1. The van der Waals surface area contributed by atoms with Crippen LogP contribution in [0, 0.1) is 5.92 Å². The van der Waals surface area contributed by atoms with Crippen molar-refractivity contribution in [3.8, 4) is 5.75 Å². The number of ether oxygens (including phenoxy) is 2. The molecule has 1 atom stereocenters. The van der Waals surface area contributed by atoms with E-state index in [9.17, 15) is 13.2 Å². The van der Waals surface area contributed by atoms with Crippen LogP contribution >= 0.6 is 0 Å².